The van der Waals surface area contributed by atoms with E-state index in [4.69, 9.17) is 23.2 Å². The van der Waals surface area contributed by atoms with Gasteiger partial charge in [0.1, 0.15) is 6.04 Å². The third-order valence-corrected chi connectivity index (χ3v) is 5.39. The Balaban J connectivity index is 1.58. The number of thiazole rings is 1. The van der Waals surface area contributed by atoms with Crippen LogP contribution in [0.2, 0.25) is 10.0 Å². The molecule has 2 amide bonds. The third-order valence-electron chi connectivity index (χ3n) is 3.91. The summed E-state index contributed by atoms with van der Waals surface area (Å²) >= 11 is 13.4. The van der Waals surface area contributed by atoms with Gasteiger partial charge in [-0.05, 0) is 36.8 Å². The van der Waals surface area contributed by atoms with E-state index in [1.807, 2.05) is 24.3 Å². The summed E-state index contributed by atoms with van der Waals surface area (Å²) in [5.74, 6) is -0.766. The van der Waals surface area contributed by atoms with Gasteiger partial charge in [0.05, 0.1) is 10.6 Å². The van der Waals surface area contributed by atoms with E-state index < -0.39 is 11.9 Å². The SMILES string of the molecule is CC(NC(=O)c1ccccc1Cl)C(=O)Nc1ncc(Cc2cccc(Cl)c2)s1. The van der Waals surface area contributed by atoms with E-state index in [0.29, 0.717) is 27.2 Å². The van der Waals surface area contributed by atoms with Crippen LogP contribution in [0.5, 0.6) is 0 Å². The lowest BCUT2D eigenvalue weighted by Gasteiger charge is -2.13. The lowest BCUT2D eigenvalue weighted by atomic mass is 10.1. The molecule has 0 radical (unpaired) electrons. The smallest absolute Gasteiger partial charge is 0.253 e. The zero-order valence-electron chi connectivity index (χ0n) is 14.9. The number of amides is 2. The number of hydrogen-bond donors (Lipinski definition) is 2. The first-order valence-corrected chi connectivity index (χ1v) is 10.0. The highest BCUT2D eigenvalue weighted by molar-refractivity contribution is 7.15. The van der Waals surface area contributed by atoms with Gasteiger partial charge < -0.3 is 10.6 Å². The number of benzene rings is 2. The molecule has 0 aliphatic carbocycles. The van der Waals surface area contributed by atoms with Crippen LogP contribution in [0.15, 0.2) is 54.7 Å². The molecule has 1 aromatic heterocycles. The Kier molecular flexibility index (Phi) is 6.67. The maximum absolute atomic E-state index is 12.4. The van der Waals surface area contributed by atoms with Crippen molar-refractivity contribution in [2.75, 3.05) is 5.32 Å². The molecule has 28 heavy (non-hydrogen) atoms. The fraction of sp³-hybridized carbons (Fsp3) is 0.150. The van der Waals surface area contributed by atoms with Crippen LogP contribution < -0.4 is 10.6 Å². The molecule has 2 N–H and O–H groups in total. The van der Waals surface area contributed by atoms with Crippen LogP contribution in [0, 0.1) is 0 Å². The predicted molar refractivity (Wildman–Crippen MR) is 113 cm³/mol. The average Bonchev–Trinajstić information content (AvgIpc) is 3.08. The summed E-state index contributed by atoms with van der Waals surface area (Å²) in [6, 6.07) is 13.5. The second kappa shape index (κ2) is 9.19. The van der Waals surface area contributed by atoms with Crippen molar-refractivity contribution in [3.8, 4) is 0 Å². The summed E-state index contributed by atoms with van der Waals surface area (Å²) in [5, 5.41) is 6.85. The van der Waals surface area contributed by atoms with E-state index >= 15 is 0 Å². The molecule has 0 saturated carbocycles. The van der Waals surface area contributed by atoms with Gasteiger partial charge in [-0.3, -0.25) is 9.59 Å². The molecule has 8 heteroatoms. The van der Waals surface area contributed by atoms with Gasteiger partial charge in [0, 0.05) is 22.5 Å². The highest BCUT2D eigenvalue weighted by atomic mass is 35.5. The van der Waals surface area contributed by atoms with Gasteiger partial charge in [0.2, 0.25) is 5.91 Å². The van der Waals surface area contributed by atoms with Gasteiger partial charge in [-0.15, -0.1) is 11.3 Å². The number of anilines is 1. The molecule has 3 aromatic rings. The zero-order chi connectivity index (χ0) is 20.1. The summed E-state index contributed by atoms with van der Waals surface area (Å²) in [6.45, 7) is 1.60. The fourth-order valence-corrected chi connectivity index (χ4v) is 3.78. The van der Waals surface area contributed by atoms with E-state index in [2.05, 4.69) is 15.6 Å². The van der Waals surface area contributed by atoms with Crippen molar-refractivity contribution in [2.24, 2.45) is 0 Å². The first kappa shape index (κ1) is 20.3. The Hall–Kier alpha value is -2.41. The van der Waals surface area contributed by atoms with Crippen molar-refractivity contribution < 1.29 is 9.59 Å². The molecular formula is C20H17Cl2N3O2S. The van der Waals surface area contributed by atoms with Crippen LogP contribution in [0.3, 0.4) is 0 Å². The maximum Gasteiger partial charge on any atom is 0.253 e. The monoisotopic (exact) mass is 433 g/mol. The first-order valence-electron chi connectivity index (χ1n) is 8.48. The fourth-order valence-electron chi connectivity index (χ4n) is 2.49. The first-order chi connectivity index (χ1) is 13.4. The molecule has 5 nitrogen and oxygen atoms in total. The molecule has 0 spiro atoms. The number of halogens is 2. The second-order valence-electron chi connectivity index (χ2n) is 6.10. The molecule has 0 saturated heterocycles. The standard InChI is InChI=1S/C20H17Cl2N3O2S/c1-12(24-19(27)16-7-2-3-8-17(16)22)18(26)25-20-23-11-15(28-20)10-13-5-4-6-14(21)9-13/h2-9,11-12H,10H2,1H3,(H,24,27)(H,23,25,26). The Labute approximate surface area is 176 Å². The molecule has 1 unspecified atom stereocenters. The summed E-state index contributed by atoms with van der Waals surface area (Å²) in [6.07, 6.45) is 2.39. The van der Waals surface area contributed by atoms with Crippen molar-refractivity contribution in [3.63, 3.8) is 0 Å². The topological polar surface area (TPSA) is 71.1 Å². The quantitative estimate of drug-likeness (QED) is 0.586. The van der Waals surface area contributed by atoms with Gasteiger partial charge in [-0.2, -0.15) is 0 Å². The van der Waals surface area contributed by atoms with Gasteiger partial charge >= 0.3 is 0 Å². The molecule has 1 atom stereocenters. The molecule has 2 aromatic carbocycles. The Morgan fingerprint density at radius 3 is 2.68 bits per heavy atom. The minimum Gasteiger partial charge on any atom is -0.340 e. The van der Waals surface area contributed by atoms with Crippen LogP contribution in [-0.4, -0.2) is 22.8 Å². The normalized spacial score (nSPS) is 11.7. The Bertz CT molecular complexity index is 1010. The Morgan fingerprint density at radius 1 is 1.14 bits per heavy atom. The number of carbonyl (C=O) groups excluding carboxylic acids is 2. The molecule has 1 heterocycles. The summed E-state index contributed by atoms with van der Waals surface area (Å²) in [4.78, 5) is 29.9. The number of nitrogens with zero attached hydrogens (tertiary/aromatic N) is 1. The zero-order valence-corrected chi connectivity index (χ0v) is 17.2. The highest BCUT2D eigenvalue weighted by Crippen LogP contribution is 2.22. The second-order valence-corrected chi connectivity index (χ2v) is 8.06. The largest absolute Gasteiger partial charge is 0.340 e. The van der Waals surface area contributed by atoms with Crippen LogP contribution in [0.1, 0.15) is 27.7 Å². The average molecular weight is 434 g/mol. The van der Waals surface area contributed by atoms with Crippen molar-refractivity contribution in [1.29, 1.82) is 0 Å². The summed E-state index contributed by atoms with van der Waals surface area (Å²) < 4.78 is 0. The van der Waals surface area contributed by atoms with E-state index in [1.54, 1.807) is 37.4 Å². The van der Waals surface area contributed by atoms with Crippen molar-refractivity contribution in [3.05, 3.63) is 80.8 Å². The van der Waals surface area contributed by atoms with E-state index in [9.17, 15) is 9.59 Å². The molecule has 0 aliphatic heterocycles. The predicted octanol–water partition coefficient (Wildman–Crippen LogP) is 4.80. The molecule has 144 valence electrons. The Morgan fingerprint density at radius 2 is 1.93 bits per heavy atom. The lowest BCUT2D eigenvalue weighted by Crippen LogP contribution is -2.41. The van der Waals surface area contributed by atoms with Gasteiger partial charge in [0.15, 0.2) is 5.13 Å². The number of hydrogen-bond acceptors (Lipinski definition) is 4. The van der Waals surface area contributed by atoms with Crippen molar-refractivity contribution in [1.82, 2.24) is 10.3 Å². The number of nitrogens with one attached hydrogen (secondary N) is 2. The highest BCUT2D eigenvalue weighted by Gasteiger charge is 2.19. The van der Waals surface area contributed by atoms with Gasteiger partial charge in [-0.25, -0.2) is 4.98 Å². The minimum absolute atomic E-state index is 0.321. The number of aromatic nitrogens is 1. The molecular weight excluding hydrogens is 417 g/mol. The molecule has 0 bridgehead atoms. The van der Waals surface area contributed by atoms with Gasteiger partial charge in [0.25, 0.3) is 5.91 Å². The number of carbonyl (C=O) groups is 2. The van der Waals surface area contributed by atoms with Crippen molar-refractivity contribution >= 4 is 51.5 Å². The third kappa shape index (κ3) is 5.32. The van der Waals surface area contributed by atoms with Crippen LogP contribution in [0.4, 0.5) is 5.13 Å². The molecule has 3 rings (SSSR count). The molecule has 0 aliphatic rings. The summed E-state index contributed by atoms with van der Waals surface area (Å²) in [7, 11) is 0. The maximum atomic E-state index is 12.4. The number of rotatable bonds is 6. The molecule has 0 fully saturated rings. The van der Waals surface area contributed by atoms with E-state index in [-0.39, 0.29) is 5.91 Å². The van der Waals surface area contributed by atoms with Gasteiger partial charge in [-0.1, -0.05) is 47.5 Å². The van der Waals surface area contributed by atoms with Crippen LogP contribution in [0.25, 0.3) is 0 Å². The lowest BCUT2D eigenvalue weighted by molar-refractivity contribution is -0.117. The van der Waals surface area contributed by atoms with Crippen LogP contribution in [-0.2, 0) is 11.2 Å². The van der Waals surface area contributed by atoms with E-state index in [1.165, 1.54) is 11.3 Å². The van der Waals surface area contributed by atoms with E-state index in [0.717, 1.165) is 10.4 Å². The summed E-state index contributed by atoms with van der Waals surface area (Å²) in [5.41, 5.74) is 1.39. The van der Waals surface area contributed by atoms with Crippen molar-refractivity contribution in [2.45, 2.75) is 19.4 Å². The minimum atomic E-state index is -0.746. The van der Waals surface area contributed by atoms with Crippen LogP contribution >= 0.6 is 34.5 Å².